The van der Waals surface area contributed by atoms with Gasteiger partial charge in [-0.1, -0.05) is 32.4 Å². The molecule has 0 heterocycles. The maximum absolute atomic E-state index is 12.3. The molecule has 0 aliphatic heterocycles. The van der Waals surface area contributed by atoms with Crippen molar-refractivity contribution in [1.29, 1.82) is 5.26 Å². The zero-order valence-corrected chi connectivity index (χ0v) is 23.7. The highest BCUT2D eigenvalue weighted by Gasteiger charge is 2.42. The summed E-state index contributed by atoms with van der Waals surface area (Å²) in [6, 6.07) is 11.6. The minimum Gasteiger partial charge on any atom is -0.493 e. The van der Waals surface area contributed by atoms with Crippen LogP contribution in [0, 0.1) is 27.4 Å². The second-order valence-corrected chi connectivity index (χ2v) is 9.39. The van der Waals surface area contributed by atoms with Crippen molar-refractivity contribution in [2.75, 3.05) is 28.4 Å². The fraction of sp³-hybridized carbons (Fsp3) is 0.517. The van der Waals surface area contributed by atoms with Crippen molar-refractivity contribution in [3.8, 4) is 29.1 Å². The number of carbonyl (C=O) groups is 1. The van der Waals surface area contributed by atoms with E-state index >= 15 is 0 Å². The molecule has 0 aliphatic rings. The highest BCUT2D eigenvalue weighted by atomic mass is 16.6. The molecule has 0 N–H and O–H groups in total. The third kappa shape index (κ3) is 7.31. The Morgan fingerprint density at radius 1 is 1.00 bits per heavy atom. The lowest BCUT2D eigenvalue weighted by Crippen LogP contribution is -2.41. The van der Waals surface area contributed by atoms with Gasteiger partial charge >= 0.3 is 5.97 Å². The van der Waals surface area contributed by atoms with Crippen LogP contribution in [0.5, 0.6) is 23.0 Å². The number of ether oxygens (including phenoxy) is 5. The Bertz CT molecular complexity index is 1180. The van der Waals surface area contributed by atoms with E-state index in [1.165, 1.54) is 35.4 Å². The molecular formula is C29H38N2O8. The van der Waals surface area contributed by atoms with Crippen LogP contribution in [0.25, 0.3) is 0 Å². The molecule has 4 atom stereocenters. The zero-order chi connectivity index (χ0) is 29.2. The highest BCUT2D eigenvalue weighted by molar-refractivity contribution is 5.66. The number of rotatable bonds is 15. The monoisotopic (exact) mass is 542 g/mol. The molecule has 4 unspecified atom stereocenters. The summed E-state index contributed by atoms with van der Waals surface area (Å²) in [6.07, 6.45) is -0.0652. The Hall–Kier alpha value is -4.00. The summed E-state index contributed by atoms with van der Waals surface area (Å²) in [5.74, 6) is 1.20. The molecule has 0 aromatic heterocycles. The molecule has 39 heavy (non-hydrogen) atoms. The zero-order valence-electron chi connectivity index (χ0n) is 23.7. The highest BCUT2D eigenvalue weighted by Crippen LogP contribution is 2.42. The normalized spacial score (nSPS) is 14.6. The number of nitro groups is 1. The van der Waals surface area contributed by atoms with Crippen molar-refractivity contribution in [2.45, 2.75) is 64.0 Å². The number of carbonyl (C=O) groups excluding carboxylic acids is 1. The maximum atomic E-state index is 12.3. The molecule has 10 heteroatoms. The third-order valence-electron chi connectivity index (χ3n) is 7.29. The number of esters is 1. The van der Waals surface area contributed by atoms with Gasteiger partial charge in [0.15, 0.2) is 29.1 Å². The first-order valence-corrected chi connectivity index (χ1v) is 12.8. The molecule has 212 valence electrons. The van der Waals surface area contributed by atoms with E-state index in [9.17, 15) is 20.2 Å². The molecular weight excluding hydrogens is 504 g/mol. The van der Waals surface area contributed by atoms with Crippen molar-refractivity contribution < 1.29 is 33.4 Å². The SMILES string of the molecule is CCC(C)C(C#N)(CCC(OC(C)=O)C(Cc1ccc(OC)c(OC)c1)[N+](=O)[O-])c1ccc(OC)c(OC)c1. The first-order chi connectivity index (χ1) is 18.6. The Labute approximate surface area is 229 Å². The number of methoxy groups -OCH3 is 4. The Morgan fingerprint density at radius 3 is 2.05 bits per heavy atom. The summed E-state index contributed by atoms with van der Waals surface area (Å²) >= 11 is 0. The summed E-state index contributed by atoms with van der Waals surface area (Å²) in [6.45, 7) is 5.17. The van der Waals surface area contributed by atoms with Crippen LogP contribution in [-0.2, 0) is 21.4 Å². The Kier molecular flexibility index (Phi) is 11.4. The standard InChI is InChI=1S/C29H38N2O8/c1-8-19(2)29(18-30,22-10-12-26(36-5)28(17-22)38-7)14-13-24(39-20(3)32)23(31(33)34)15-21-9-11-25(35-4)27(16-21)37-6/h9-12,16-17,19,23-24H,8,13-15H2,1-7H3. The number of nitriles is 1. The maximum Gasteiger partial charge on any atom is 0.303 e. The van der Waals surface area contributed by atoms with Gasteiger partial charge < -0.3 is 23.7 Å². The first kappa shape index (κ1) is 31.2. The molecule has 0 radical (unpaired) electrons. The summed E-state index contributed by atoms with van der Waals surface area (Å²) < 4.78 is 27.0. The van der Waals surface area contributed by atoms with Gasteiger partial charge in [-0.15, -0.1) is 0 Å². The summed E-state index contributed by atoms with van der Waals surface area (Å²) in [7, 11) is 6.04. The van der Waals surface area contributed by atoms with E-state index < -0.39 is 28.5 Å². The molecule has 0 fully saturated rings. The average molecular weight is 543 g/mol. The van der Waals surface area contributed by atoms with E-state index in [-0.39, 0.29) is 25.2 Å². The van der Waals surface area contributed by atoms with Gasteiger partial charge in [0.05, 0.1) is 39.9 Å². The number of hydrogen-bond acceptors (Lipinski definition) is 9. The first-order valence-electron chi connectivity index (χ1n) is 12.8. The fourth-order valence-electron chi connectivity index (χ4n) is 4.87. The van der Waals surface area contributed by atoms with Gasteiger partial charge in [-0.2, -0.15) is 5.26 Å². The molecule has 0 saturated carbocycles. The van der Waals surface area contributed by atoms with Crippen LogP contribution in [-0.4, -0.2) is 51.5 Å². The smallest absolute Gasteiger partial charge is 0.303 e. The second kappa shape index (κ2) is 14.2. The van der Waals surface area contributed by atoms with Crippen LogP contribution >= 0.6 is 0 Å². The van der Waals surface area contributed by atoms with Crippen molar-refractivity contribution in [3.63, 3.8) is 0 Å². The van der Waals surface area contributed by atoms with Crippen LogP contribution in [0.15, 0.2) is 36.4 Å². The molecule has 0 bridgehead atoms. The van der Waals surface area contributed by atoms with E-state index in [0.29, 0.717) is 40.5 Å². The molecule has 0 aliphatic carbocycles. The lowest BCUT2D eigenvalue weighted by Gasteiger charge is -2.35. The van der Waals surface area contributed by atoms with Gasteiger partial charge in [0.1, 0.15) is 0 Å². The van der Waals surface area contributed by atoms with Gasteiger partial charge in [0.2, 0.25) is 0 Å². The molecule has 0 saturated heterocycles. The molecule has 0 amide bonds. The minimum atomic E-state index is -1.24. The Balaban J connectivity index is 2.48. The van der Waals surface area contributed by atoms with E-state index in [0.717, 1.165) is 0 Å². The van der Waals surface area contributed by atoms with Gasteiger partial charge in [0, 0.05) is 18.3 Å². The van der Waals surface area contributed by atoms with Crippen molar-refractivity contribution in [1.82, 2.24) is 0 Å². The van der Waals surface area contributed by atoms with E-state index in [1.54, 1.807) is 30.3 Å². The predicted octanol–water partition coefficient (Wildman–Crippen LogP) is 5.13. The van der Waals surface area contributed by atoms with Crippen LogP contribution in [0.3, 0.4) is 0 Å². The van der Waals surface area contributed by atoms with Gasteiger partial charge in [-0.25, -0.2) is 0 Å². The largest absolute Gasteiger partial charge is 0.493 e. The summed E-state index contributed by atoms with van der Waals surface area (Å²) in [5, 5.41) is 22.8. The van der Waals surface area contributed by atoms with E-state index in [2.05, 4.69) is 6.07 Å². The van der Waals surface area contributed by atoms with Crippen molar-refractivity contribution in [2.24, 2.45) is 5.92 Å². The van der Waals surface area contributed by atoms with Gasteiger partial charge in [-0.05, 0) is 54.2 Å². The van der Waals surface area contributed by atoms with Crippen LogP contribution in [0.2, 0.25) is 0 Å². The Morgan fingerprint density at radius 2 is 1.56 bits per heavy atom. The average Bonchev–Trinajstić information content (AvgIpc) is 2.94. The molecule has 2 rings (SSSR count). The van der Waals surface area contributed by atoms with Crippen LogP contribution in [0.1, 0.15) is 51.2 Å². The van der Waals surface area contributed by atoms with Crippen molar-refractivity contribution >= 4 is 5.97 Å². The quantitative estimate of drug-likeness (QED) is 0.171. The van der Waals surface area contributed by atoms with Crippen molar-refractivity contribution in [3.05, 3.63) is 57.6 Å². The van der Waals surface area contributed by atoms with E-state index in [4.69, 9.17) is 23.7 Å². The van der Waals surface area contributed by atoms with Gasteiger partial charge in [-0.3, -0.25) is 14.9 Å². The molecule has 10 nitrogen and oxygen atoms in total. The molecule has 2 aromatic carbocycles. The number of benzene rings is 2. The van der Waals surface area contributed by atoms with E-state index in [1.807, 2.05) is 19.9 Å². The topological polar surface area (TPSA) is 130 Å². The number of nitrogens with zero attached hydrogens (tertiary/aromatic N) is 2. The molecule has 0 spiro atoms. The molecule has 2 aromatic rings. The lowest BCUT2D eigenvalue weighted by molar-refractivity contribution is -0.533. The fourth-order valence-corrected chi connectivity index (χ4v) is 4.87. The lowest BCUT2D eigenvalue weighted by atomic mass is 9.67. The summed E-state index contributed by atoms with van der Waals surface area (Å²) in [4.78, 5) is 23.9. The minimum absolute atomic E-state index is 0.00938. The van der Waals surface area contributed by atoms with Crippen LogP contribution < -0.4 is 18.9 Å². The summed E-state index contributed by atoms with van der Waals surface area (Å²) in [5.41, 5.74) is 0.313. The second-order valence-electron chi connectivity index (χ2n) is 9.39. The number of hydrogen-bond donors (Lipinski definition) is 0. The van der Waals surface area contributed by atoms with Gasteiger partial charge in [0.25, 0.3) is 6.04 Å². The van der Waals surface area contributed by atoms with Crippen LogP contribution in [0.4, 0.5) is 0 Å². The predicted molar refractivity (Wildman–Crippen MR) is 145 cm³/mol. The third-order valence-corrected chi connectivity index (χ3v) is 7.29.